The zero-order valence-corrected chi connectivity index (χ0v) is 18.4. The molecular weight excluding hydrogens is 418 g/mol. The van der Waals surface area contributed by atoms with Gasteiger partial charge in [-0.25, -0.2) is 15.0 Å². The minimum absolute atomic E-state index is 0.0318. The Balaban J connectivity index is 1.25. The standard InChI is InChI=1S/C25H25N5O3/c1-15-10-22(26-14-19(15)24-29-20-4-2-3-5-21(20)30-24)17-12-27-25(28-13-17)33-18-8-6-16(7-9-18)11-23(31)32/h2-5,10,12-14,16,18H,6-9,11H2,1H3,(H,29,30)(H,31,32)/t16-,18+. The summed E-state index contributed by atoms with van der Waals surface area (Å²) >= 11 is 0. The molecular formula is C25H25N5O3. The first-order valence-electron chi connectivity index (χ1n) is 11.2. The third kappa shape index (κ3) is 4.69. The van der Waals surface area contributed by atoms with E-state index < -0.39 is 5.97 Å². The molecule has 3 heterocycles. The van der Waals surface area contributed by atoms with Crippen molar-refractivity contribution in [2.75, 3.05) is 0 Å². The highest BCUT2D eigenvalue weighted by molar-refractivity contribution is 5.80. The molecule has 0 saturated heterocycles. The van der Waals surface area contributed by atoms with E-state index >= 15 is 0 Å². The summed E-state index contributed by atoms with van der Waals surface area (Å²) < 4.78 is 5.93. The first kappa shape index (κ1) is 21.1. The number of hydrogen-bond acceptors (Lipinski definition) is 6. The molecule has 0 bridgehead atoms. The normalized spacial score (nSPS) is 18.3. The monoisotopic (exact) mass is 443 g/mol. The molecule has 1 aromatic carbocycles. The van der Waals surface area contributed by atoms with E-state index in [1.54, 1.807) is 12.4 Å². The summed E-state index contributed by atoms with van der Waals surface area (Å²) in [6, 6.07) is 10.3. The van der Waals surface area contributed by atoms with Gasteiger partial charge in [-0.3, -0.25) is 9.78 Å². The van der Waals surface area contributed by atoms with Crippen LogP contribution in [0.5, 0.6) is 6.01 Å². The van der Waals surface area contributed by atoms with Gasteiger partial charge in [0.15, 0.2) is 0 Å². The Morgan fingerprint density at radius 1 is 1.09 bits per heavy atom. The van der Waals surface area contributed by atoms with Crippen molar-refractivity contribution < 1.29 is 14.6 Å². The van der Waals surface area contributed by atoms with Gasteiger partial charge in [0.1, 0.15) is 11.9 Å². The SMILES string of the molecule is Cc1cc(-c2cnc(O[C@H]3CC[C@@H](CC(=O)O)CC3)nc2)ncc1-c1nc2ccccc2[nH]1. The van der Waals surface area contributed by atoms with Crippen molar-refractivity contribution in [1.29, 1.82) is 0 Å². The highest BCUT2D eigenvalue weighted by Crippen LogP contribution is 2.30. The van der Waals surface area contributed by atoms with Crippen LogP contribution in [0.2, 0.25) is 0 Å². The number of aryl methyl sites for hydroxylation is 1. The molecule has 0 aliphatic heterocycles. The summed E-state index contributed by atoms with van der Waals surface area (Å²) in [5.74, 6) is 0.307. The molecule has 4 aromatic rings. The Kier molecular flexibility index (Phi) is 5.73. The molecule has 2 N–H and O–H groups in total. The predicted molar refractivity (Wildman–Crippen MR) is 124 cm³/mol. The van der Waals surface area contributed by atoms with Crippen molar-refractivity contribution >= 4 is 17.0 Å². The topological polar surface area (TPSA) is 114 Å². The number of carboxylic acid groups (broad SMARTS) is 1. The molecule has 0 atom stereocenters. The molecule has 1 saturated carbocycles. The van der Waals surface area contributed by atoms with E-state index in [1.165, 1.54) is 0 Å². The molecule has 8 nitrogen and oxygen atoms in total. The van der Waals surface area contributed by atoms with Gasteiger partial charge < -0.3 is 14.8 Å². The number of nitrogens with one attached hydrogen (secondary N) is 1. The van der Waals surface area contributed by atoms with Crippen molar-refractivity contribution in [2.24, 2.45) is 5.92 Å². The van der Waals surface area contributed by atoms with Gasteiger partial charge in [-0.2, -0.15) is 0 Å². The van der Waals surface area contributed by atoms with Crippen LogP contribution < -0.4 is 4.74 Å². The highest BCUT2D eigenvalue weighted by atomic mass is 16.5. The van der Waals surface area contributed by atoms with Crippen LogP contribution in [-0.4, -0.2) is 42.1 Å². The zero-order chi connectivity index (χ0) is 22.8. The molecule has 3 aromatic heterocycles. The van der Waals surface area contributed by atoms with Crippen LogP contribution in [0.25, 0.3) is 33.7 Å². The number of ether oxygens (including phenoxy) is 1. The maximum Gasteiger partial charge on any atom is 0.316 e. The lowest BCUT2D eigenvalue weighted by Crippen LogP contribution is -2.25. The molecule has 0 spiro atoms. The number of aromatic nitrogens is 5. The van der Waals surface area contributed by atoms with Crippen molar-refractivity contribution in [3.63, 3.8) is 0 Å². The van der Waals surface area contributed by atoms with Crippen LogP contribution in [0, 0.1) is 12.8 Å². The fourth-order valence-corrected chi connectivity index (χ4v) is 4.40. The molecule has 1 aliphatic rings. The smallest absolute Gasteiger partial charge is 0.316 e. The lowest BCUT2D eigenvalue weighted by atomic mass is 9.85. The minimum Gasteiger partial charge on any atom is -0.481 e. The van der Waals surface area contributed by atoms with Crippen LogP contribution in [-0.2, 0) is 4.79 Å². The van der Waals surface area contributed by atoms with E-state index in [9.17, 15) is 4.79 Å². The van der Waals surface area contributed by atoms with Crippen LogP contribution in [0.15, 0.2) is 48.9 Å². The summed E-state index contributed by atoms with van der Waals surface area (Å²) in [5, 5.41) is 8.95. The number of benzene rings is 1. The Morgan fingerprint density at radius 2 is 1.85 bits per heavy atom. The van der Waals surface area contributed by atoms with Gasteiger partial charge in [0, 0.05) is 36.1 Å². The largest absolute Gasteiger partial charge is 0.481 e. The van der Waals surface area contributed by atoms with Crippen molar-refractivity contribution in [3.05, 3.63) is 54.5 Å². The number of aliphatic carboxylic acids is 1. The minimum atomic E-state index is -0.729. The van der Waals surface area contributed by atoms with E-state index in [4.69, 9.17) is 9.84 Å². The van der Waals surface area contributed by atoms with Crippen LogP contribution in [0.4, 0.5) is 0 Å². The maximum atomic E-state index is 10.9. The summed E-state index contributed by atoms with van der Waals surface area (Å²) in [6.45, 7) is 2.03. The summed E-state index contributed by atoms with van der Waals surface area (Å²) in [7, 11) is 0. The number of carbonyl (C=O) groups is 1. The summed E-state index contributed by atoms with van der Waals surface area (Å²) in [5.41, 5.74) is 5.53. The second-order valence-electron chi connectivity index (χ2n) is 8.60. The van der Waals surface area contributed by atoms with Gasteiger partial charge in [-0.1, -0.05) is 12.1 Å². The first-order chi connectivity index (χ1) is 16.0. The molecule has 8 heteroatoms. The molecule has 0 radical (unpaired) electrons. The van der Waals surface area contributed by atoms with Crippen molar-refractivity contribution in [3.8, 4) is 28.7 Å². The average Bonchev–Trinajstić information content (AvgIpc) is 3.24. The average molecular weight is 444 g/mol. The van der Waals surface area contributed by atoms with Crippen molar-refractivity contribution in [2.45, 2.75) is 45.1 Å². The van der Waals surface area contributed by atoms with Crippen LogP contribution >= 0.6 is 0 Å². The number of para-hydroxylation sites is 2. The van der Waals surface area contributed by atoms with E-state index in [0.717, 1.165) is 64.9 Å². The Morgan fingerprint density at radius 3 is 2.55 bits per heavy atom. The lowest BCUT2D eigenvalue weighted by molar-refractivity contribution is -0.138. The number of hydrogen-bond donors (Lipinski definition) is 2. The molecule has 1 aliphatic carbocycles. The fourth-order valence-electron chi connectivity index (χ4n) is 4.40. The Bertz CT molecular complexity index is 1240. The highest BCUT2D eigenvalue weighted by Gasteiger charge is 2.24. The molecule has 0 amide bonds. The Labute approximate surface area is 191 Å². The number of aromatic amines is 1. The maximum absolute atomic E-state index is 10.9. The molecule has 1 fully saturated rings. The molecule has 33 heavy (non-hydrogen) atoms. The molecule has 168 valence electrons. The van der Waals surface area contributed by atoms with Gasteiger partial charge in [-0.05, 0) is 62.3 Å². The van der Waals surface area contributed by atoms with E-state index in [-0.39, 0.29) is 18.4 Å². The number of H-pyrrole nitrogens is 1. The molecule has 5 rings (SSSR count). The van der Waals surface area contributed by atoms with Crippen LogP contribution in [0.1, 0.15) is 37.7 Å². The second-order valence-corrected chi connectivity index (χ2v) is 8.60. The van der Waals surface area contributed by atoms with E-state index in [0.29, 0.717) is 6.01 Å². The fraction of sp³-hybridized carbons (Fsp3) is 0.320. The van der Waals surface area contributed by atoms with Crippen LogP contribution in [0.3, 0.4) is 0 Å². The summed E-state index contributed by atoms with van der Waals surface area (Å²) in [6.07, 6.45) is 8.90. The van der Waals surface area contributed by atoms with Crippen molar-refractivity contribution in [1.82, 2.24) is 24.9 Å². The van der Waals surface area contributed by atoms with E-state index in [2.05, 4.69) is 24.9 Å². The second kappa shape index (κ2) is 8.97. The summed E-state index contributed by atoms with van der Waals surface area (Å²) in [4.78, 5) is 32.2. The first-order valence-corrected chi connectivity index (χ1v) is 11.2. The zero-order valence-electron chi connectivity index (χ0n) is 18.4. The van der Waals surface area contributed by atoms with Gasteiger partial charge in [0.2, 0.25) is 0 Å². The number of nitrogens with zero attached hydrogens (tertiary/aromatic N) is 4. The number of imidazole rings is 1. The number of carboxylic acids is 1. The van der Waals surface area contributed by atoms with E-state index in [1.807, 2.05) is 43.5 Å². The Hall–Kier alpha value is -3.81. The number of rotatable bonds is 6. The van der Waals surface area contributed by atoms with Gasteiger partial charge in [-0.15, -0.1) is 0 Å². The third-order valence-electron chi connectivity index (χ3n) is 6.21. The lowest BCUT2D eigenvalue weighted by Gasteiger charge is -2.27. The third-order valence-corrected chi connectivity index (χ3v) is 6.21. The number of pyridine rings is 1. The van der Waals surface area contributed by atoms with Gasteiger partial charge in [0.25, 0.3) is 0 Å². The predicted octanol–water partition coefficient (Wildman–Crippen LogP) is 4.80. The number of fused-ring (bicyclic) bond motifs is 1. The van der Waals surface area contributed by atoms with Gasteiger partial charge in [0.05, 0.1) is 16.7 Å². The molecule has 0 unspecified atom stereocenters. The quantitative estimate of drug-likeness (QED) is 0.440. The van der Waals surface area contributed by atoms with Gasteiger partial charge >= 0.3 is 12.0 Å².